The van der Waals surface area contributed by atoms with Gasteiger partial charge in [-0.3, -0.25) is 4.90 Å². The first-order chi connectivity index (χ1) is 13.3. The maximum absolute atomic E-state index is 5.80. The molecular formula is C19H19N5O2S. The maximum Gasteiger partial charge on any atom is 0.257 e. The predicted molar refractivity (Wildman–Crippen MR) is 102 cm³/mol. The van der Waals surface area contributed by atoms with E-state index < -0.39 is 0 Å². The summed E-state index contributed by atoms with van der Waals surface area (Å²) in [5.41, 5.74) is 0.937. The summed E-state index contributed by atoms with van der Waals surface area (Å²) in [6.07, 6.45) is 0.992. The third-order valence-electron chi connectivity index (χ3n) is 3.96. The summed E-state index contributed by atoms with van der Waals surface area (Å²) in [5, 5.41) is 14.4. The lowest BCUT2D eigenvalue weighted by atomic mass is 10.2. The molecule has 27 heavy (non-hydrogen) atoms. The van der Waals surface area contributed by atoms with Crippen LogP contribution in [0.1, 0.15) is 25.1 Å². The second-order valence-electron chi connectivity index (χ2n) is 6.07. The van der Waals surface area contributed by atoms with Crippen LogP contribution in [0.4, 0.5) is 0 Å². The number of thiophene rings is 1. The van der Waals surface area contributed by atoms with Gasteiger partial charge in [0.15, 0.2) is 0 Å². The van der Waals surface area contributed by atoms with E-state index in [4.69, 9.17) is 8.94 Å². The van der Waals surface area contributed by atoms with Gasteiger partial charge >= 0.3 is 0 Å². The Labute approximate surface area is 160 Å². The number of hydrogen-bond donors (Lipinski definition) is 0. The molecule has 0 bridgehead atoms. The minimum atomic E-state index is 0.532. The zero-order valence-corrected chi connectivity index (χ0v) is 15.7. The van der Waals surface area contributed by atoms with Crippen molar-refractivity contribution in [3.8, 4) is 22.2 Å². The number of aromatic nitrogens is 4. The van der Waals surface area contributed by atoms with Crippen molar-refractivity contribution < 1.29 is 8.94 Å². The summed E-state index contributed by atoms with van der Waals surface area (Å²) in [6.45, 7) is 4.06. The van der Waals surface area contributed by atoms with Crippen LogP contribution in [0.25, 0.3) is 22.2 Å². The van der Waals surface area contributed by atoms with Gasteiger partial charge in [0.05, 0.1) is 18.0 Å². The second kappa shape index (κ2) is 8.24. The van der Waals surface area contributed by atoms with E-state index in [-0.39, 0.29) is 0 Å². The van der Waals surface area contributed by atoms with Crippen LogP contribution < -0.4 is 0 Å². The van der Waals surface area contributed by atoms with Crippen LogP contribution in [0.2, 0.25) is 0 Å². The van der Waals surface area contributed by atoms with Crippen LogP contribution in [0, 0.1) is 0 Å². The van der Waals surface area contributed by atoms with Gasteiger partial charge in [-0.15, -0.1) is 21.5 Å². The minimum Gasteiger partial charge on any atom is -0.419 e. The van der Waals surface area contributed by atoms with Crippen LogP contribution in [-0.4, -0.2) is 31.8 Å². The lowest BCUT2D eigenvalue weighted by Crippen LogP contribution is -2.24. The smallest absolute Gasteiger partial charge is 0.257 e. The van der Waals surface area contributed by atoms with Gasteiger partial charge in [0.2, 0.25) is 17.6 Å². The molecule has 0 aliphatic carbocycles. The van der Waals surface area contributed by atoms with Crippen molar-refractivity contribution in [1.82, 2.24) is 25.2 Å². The highest BCUT2D eigenvalue weighted by atomic mass is 32.1. The van der Waals surface area contributed by atoms with Gasteiger partial charge in [0.1, 0.15) is 0 Å². The number of rotatable bonds is 8. The van der Waals surface area contributed by atoms with Crippen LogP contribution in [0.3, 0.4) is 0 Å². The maximum atomic E-state index is 5.80. The molecule has 0 aliphatic heterocycles. The predicted octanol–water partition coefficient (Wildman–Crippen LogP) is 4.26. The van der Waals surface area contributed by atoms with Gasteiger partial charge in [0, 0.05) is 5.56 Å². The molecular weight excluding hydrogens is 362 g/mol. The first-order valence-corrected chi connectivity index (χ1v) is 9.66. The monoisotopic (exact) mass is 381 g/mol. The molecule has 8 heteroatoms. The lowest BCUT2D eigenvalue weighted by molar-refractivity contribution is 0.201. The fourth-order valence-electron chi connectivity index (χ4n) is 2.75. The fraction of sp³-hybridized carbons (Fsp3) is 0.263. The first kappa shape index (κ1) is 17.6. The normalized spacial score (nSPS) is 11.3. The van der Waals surface area contributed by atoms with Gasteiger partial charge in [-0.25, -0.2) is 0 Å². The van der Waals surface area contributed by atoms with E-state index in [9.17, 15) is 0 Å². The Morgan fingerprint density at radius 3 is 2.63 bits per heavy atom. The molecule has 0 amide bonds. The van der Waals surface area contributed by atoms with E-state index >= 15 is 0 Å². The van der Waals surface area contributed by atoms with Crippen LogP contribution in [0.5, 0.6) is 0 Å². The third kappa shape index (κ3) is 4.29. The Kier molecular flexibility index (Phi) is 5.36. The van der Waals surface area contributed by atoms with Crippen LogP contribution >= 0.6 is 11.3 Å². The average molecular weight is 381 g/mol. The van der Waals surface area contributed by atoms with Gasteiger partial charge in [-0.1, -0.05) is 48.5 Å². The van der Waals surface area contributed by atoms with E-state index in [1.54, 1.807) is 11.3 Å². The quantitative estimate of drug-likeness (QED) is 0.451. The Hall–Kier alpha value is -2.84. The molecule has 4 aromatic rings. The van der Waals surface area contributed by atoms with E-state index in [0.717, 1.165) is 23.4 Å². The molecule has 0 saturated carbocycles. The Bertz CT molecular complexity index is 965. The first-order valence-electron chi connectivity index (χ1n) is 8.78. The van der Waals surface area contributed by atoms with Crippen molar-refractivity contribution in [1.29, 1.82) is 0 Å². The highest BCUT2D eigenvalue weighted by Gasteiger charge is 2.16. The SMILES string of the molecule is CCCN(Cc1nc(-c2ccccc2)no1)Cc1nnc(-c2cccs2)o1. The molecule has 3 heterocycles. The van der Waals surface area contributed by atoms with E-state index in [1.807, 2.05) is 47.8 Å². The summed E-state index contributed by atoms with van der Waals surface area (Å²) < 4.78 is 11.2. The Morgan fingerprint density at radius 2 is 1.85 bits per heavy atom. The zero-order valence-electron chi connectivity index (χ0n) is 14.9. The summed E-state index contributed by atoms with van der Waals surface area (Å²) in [5.74, 6) is 2.30. The third-order valence-corrected chi connectivity index (χ3v) is 4.81. The van der Waals surface area contributed by atoms with Crippen molar-refractivity contribution in [3.05, 3.63) is 59.6 Å². The minimum absolute atomic E-state index is 0.532. The van der Waals surface area contributed by atoms with Crippen LogP contribution in [-0.2, 0) is 13.1 Å². The van der Waals surface area contributed by atoms with Crippen molar-refractivity contribution in [3.63, 3.8) is 0 Å². The molecule has 7 nitrogen and oxygen atoms in total. The van der Waals surface area contributed by atoms with Crippen LogP contribution in [0.15, 0.2) is 56.8 Å². The molecule has 138 valence electrons. The number of benzene rings is 1. The topological polar surface area (TPSA) is 81.1 Å². The van der Waals surface area contributed by atoms with E-state index in [1.165, 1.54) is 0 Å². The lowest BCUT2D eigenvalue weighted by Gasteiger charge is -2.16. The van der Waals surface area contributed by atoms with Crippen molar-refractivity contribution in [2.75, 3.05) is 6.54 Å². The second-order valence-corrected chi connectivity index (χ2v) is 7.01. The van der Waals surface area contributed by atoms with Crippen molar-refractivity contribution in [2.24, 2.45) is 0 Å². The van der Waals surface area contributed by atoms with E-state index in [2.05, 4.69) is 32.2 Å². The summed E-state index contributed by atoms with van der Waals surface area (Å²) in [4.78, 5) is 7.64. The average Bonchev–Trinajstić information content (AvgIpc) is 3.44. The van der Waals surface area contributed by atoms with Gasteiger partial charge in [0.25, 0.3) is 5.89 Å². The van der Waals surface area contributed by atoms with Gasteiger partial charge in [-0.05, 0) is 24.4 Å². The summed E-state index contributed by atoms with van der Waals surface area (Å²) in [6, 6.07) is 13.7. The Morgan fingerprint density at radius 1 is 1.00 bits per heavy atom. The Balaban J connectivity index is 1.45. The molecule has 0 N–H and O–H groups in total. The molecule has 0 fully saturated rings. The fourth-order valence-corrected chi connectivity index (χ4v) is 3.40. The largest absolute Gasteiger partial charge is 0.419 e. The molecule has 4 rings (SSSR count). The van der Waals surface area contributed by atoms with Gasteiger partial charge < -0.3 is 8.94 Å². The highest BCUT2D eigenvalue weighted by Crippen LogP contribution is 2.23. The molecule has 0 unspecified atom stereocenters. The molecule has 0 spiro atoms. The molecule has 0 radical (unpaired) electrons. The standard InChI is InChI=1S/C19H19N5O2S/c1-2-10-24(13-17-21-22-19(25-17)15-9-6-11-27-15)12-16-20-18(23-26-16)14-7-4-3-5-8-14/h3-9,11H,2,10,12-13H2,1H3. The van der Waals surface area contributed by atoms with Crippen molar-refractivity contribution in [2.45, 2.75) is 26.4 Å². The van der Waals surface area contributed by atoms with Crippen molar-refractivity contribution >= 4 is 11.3 Å². The summed E-state index contributed by atoms with van der Waals surface area (Å²) >= 11 is 1.58. The molecule has 1 aromatic carbocycles. The molecule has 0 saturated heterocycles. The molecule has 0 aliphatic rings. The van der Waals surface area contributed by atoms with E-state index in [0.29, 0.717) is 36.6 Å². The number of nitrogens with zero attached hydrogens (tertiary/aromatic N) is 5. The molecule has 0 atom stereocenters. The highest BCUT2D eigenvalue weighted by molar-refractivity contribution is 7.13. The summed E-state index contributed by atoms with van der Waals surface area (Å²) in [7, 11) is 0. The zero-order chi connectivity index (χ0) is 18.5. The molecule has 3 aromatic heterocycles. The van der Waals surface area contributed by atoms with Gasteiger partial charge in [-0.2, -0.15) is 4.98 Å². The number of hydrogen-bond acceptors (Lipinski definition) is 8.